The Balaban J connectivity index is 1.43. The second kappa shape index (κ2) is 6.83. The summed E-state index contributed by atoms with van der Waals surface area (Å²) in [5.74, 6) is -1.13. The minimum atomic E-state index is -1.07. The molecule has 1 amide bonds. The van der Waals surface area contributed by atoms with E-state index in [1.54, 1.807) is 6.07 Å². The topological polar surface area (TPSA) is 64.4 Å². The predicted octanol–water partition coefficient (Wildman–Crippen LogP) is 3.87. The fourth-order valence-corrected chi connectivity index (χ4v) is 3.02. The molecule has 0 spiro atoms. The zero-order valence-corrected chi connectivity index (χ0v) is 14.5. The molecule has 1 atom stereocenters. The number of halogens is 2. The van der Waals surface area contributed by atoms with E-state index in [4.69, 9.17) is 9.26 Å². The van der Waals surface area contributed by atoms with Crippen molar-refractivity contribution in [1.82, 2.24) is 10.5 Å². The van der Waals surface area contributed by atoms with E-state index >= 15 is 0 Å². The van der Waals surface area contributed by atoms with Crippen LogP contribution >= 0.6 is 0 Å². The van der Waals surface area contributed by atoms with Crippen molar-refractivity contribution in [2.45, 2.75) is 26.0 Å². The average molecular weight is 370 g/mol. The number of rotatable bonds is 4. The average Bonchev–Trinajstić information content (AvgIpc) is 3.26. The van der Waals surface area contributed by atoms with Crippen molar-refractivity contribution in [3.05, 3.63) is 70.9 Å². The van der Waals surface area contributed by atoms with Gasteiger partial charge in [0.1, 0.15) is 17.5 Å². The third-order valence-corrected chi connectivity index (χ3v) is 4.35. The lowest BCUT2D eigenvalue weighted by atomic mass is 10.1. The molecule has 0 fully saturated rings. The van der Waals surface area contributed by atoms with Crippen molar-refractivity contribution in [2.75, 3.05) is 0 Å². The summed E-state index contributed by atoms with van der Waals surface area (Å²) in [5.41, 5.74) is 2.54. The first-order valence-corrected chi connectivity index (χ1v) is 8.48. The Kier molecular flexibility index (Phi) is 4.35. The van der Waals surface area contributed by atoms with Crippen LogP contribution < -0.4 is 10.1 Å². The number of aromatic nitrogens is 1. The van der Waals surface area contributed by atoms with Crippen molar-refractivity contribution >= 4 is 5.91 Å². The van der Waals surface area contributed by atoms with Crippen molar-refractivity contribution in [1.29, 1.82) is 0 Å². The molecule has 0 saturated heterocycles. The maximum Gasteiger partial charge on any atom is 0.251 e. The second-order valence-corrected chi connectivity index (χ2v) is 6.45. The monoisotopic (exact) mass is 370 g/mol. The van der Waals surface area contributed by atoms with Gasteiger partial charge < -0.3 is 14.6 Å². The van der Waals surface area contributed by atoms with Crippen LogP contribution in [0, 0.1) is 11.6 Å². The molecule has 2 heterocycles. The Hall–Kier alpha value is -3.22. The maximum absolute atomic E-state index is 13.2. The first-order chi connectivity index (χ1) is 13.0. The SMILES string of the molecule is CC1Cc2cc(-c3cc(CNC(=O)c4ccc(F)c(F)c4)no3)ccc2O1. The quantitative estimate of drug-likeness (QED) is 0.757. The van der Waals surface area contributed by atoms with Crippen LogP contribution in [0.2, 0.25) is 0 Å². The van der Waals surface area contributed by atoms with E-state index in [0.717, 1.165) is 35.4 Å². The van der Waals surface area contributed by atoms with Gasteiger partial charge in [0.25, 0.3) is 5.91 Å². The van der Waals surface area contributed by atoms with Crippen LogP contribution in [0.4, 0.5) is 8.78 Å². The van der Waals surface area contributed by atoms with Gasteiger partial charge >= 0.3 is 0 Å². The van der Waals surface area contributed by atoms with E-state index in [2.05, 4.69) is 10.5 Å². The Bertz CT molecular complexity index is 1020. The first-order valence-electron chi connectivity index (χ1n) is 8.48. The highest BCUT2D eigenvalue weighted by Crippen LogP contribution is 2.33. The van der Waals surface area contributed by atoms with Gasteiger partial charge in [0.15, 0.2) is 17.4 Å². The molecule has 2 aromatic carbocycles. The summed E-state index contributed by atoms with van der Waals surface area (Å²) in [4.78, 5) is 12.0. The summed E-state index contributed by atoms with van der Waals surface area (Å²) >= 11 is 0. The maximum atomic E-state index is 13.2. The zero-order chi connectivity index (χ0) is 19.0. The number of nitrogens with zero attached hydrogens (tertiary/aromatic N) is 1. The van der Waals surface area contributed by atoms with Gasteiger partial charge in [-0.05, 0) is 48.9 Å². The van der Waals surface area contributed by atoms with E-state index < -0.39 is 17.5 Å². The molecule has 0 bridgehead atoms. The fraction of sp³-hybridized carbons (Fsp3) is 0.200. The first kappa shape index (κ1) is 17.2. The zero-order valence-electron chi connectivity index (χ0n) is 14.5. The van der Waals surface area contributed by atoms with E-state index in [-0.39, 0.29) is 18.2 Å². The molecule has 1 unspecified atom stereocenters. The van der Waals surface area contributed by atoms with Crippen LogP contribution in [0.5, 0.6) is 5.75 Å². The molecule has 138 valence electrons. The van der Waals surface area contributed by atoms with Crippen LogP contribution in [0.15, 0.2) is 47.0 Å². The molecule has 1 aliphatic heterocycles. The standard InChI is InChI=1S/C20H16F2N2O3/c1-11-6-14-7-12(3-5-18(14)26-11)19-9-15(24-27-19)10-23-20(25)13-2-4-16(21)17(22)8-13/h2-5,7-9,11H,6,10H2,1H3,(H,23,25). The number of amides is 1. The molecular formula is C20H16F2N2O3. The molecule has 0 saturated carbocycles. The highest BCUT2D eigenvalue weighted by Gasteiger charge is 2.20. The highest BCUT2D eigenvalue weighted by molar-refractivity contribution is 5.94. The fourth-order valence-electron chi connectivity index (χ4n) is 3.02. The lowest BCUT2D eigenvalue weighted by Crippen LogP contribution is -2.23. The van der Waals surface area contributed by atoms with E-state index in [1.165, 1.54) is 6.07 Å². The van der Waals surface area contributed by atoms with Gasteiger partial charge in [-0.25, -0.2) is 8.78 Å². The van der Waals surface area contributed by atoms with E-state index in [0.29, 0.717) is 11.5 Å². The lowest BCUT2D eigenvalue weighted by Gasteiger charge is -2.03. The summed E-state index contributed by atoms with van der Waals surface area (Å²) in [7, 11) is 0. The number of hydrogen-bond donors (Lipinski definition) is 1. The smallest absolute Gasteiger partial charge is 0.251 e. The Morgan fingerprint density at radius 3 is 2.85 bits per heavy atom. The van der Waals surface area contributed by atoms with Crippen LogP contribution in [0.3, 0.4) is 0 Å². The molecule has 1 N–H and O–H groups in total. The molecule has 27 heavy (non-hydrogen) atoms. The number of benzene rings is 2. The third kappa shape index (κ3) is 3.53. The van der Waals surface area contributed by atoms with Gasteiger partial charge in [0.05, 0.1) is 6.54 Å². The molecule has 7 heteroatoms. The minimum Gasteiger partial charge on any atom is -0.490 e. The molecule has 1 aliphatic rings. The summed E-state index contributed by atoms with van der Waals surface area (Å²) in [6.07, 6.45) is 1.00. The molecule has 4 rings (SSSR count). The van der Waals surface area contributed by atoms with Gasteiger partial charge in [0, 0.05) is 23.6 Å². The van der Waals surface area contributed by atoms with Crippen molar-refractivity contribution < 1.29 is 22.8 Å². The van der Waals surface area contributed by atoms with Crippen molar-refractivity contribution in [3.8, 4) is 17.1 Å². The Morgan fingerprint density at radius 1 is 1.19 bits per heavy atom. The highest BCUT2D eigenvalue weighted by atomic mass is 19.2. The summed E-state index contributed by atoms with van der Waals surface area (Å²) in [5, 5.41) is 6.55. The third-order valence-electron chi connectivity index (χ3n) is 4.35. The van der Waals surface area contributed by atoms with Crippen LogP contribution in [0.1, 0.15) is 28.5 Å². The number of fused-ring (bicyclic) bond motifs is 1. The second-order valence-electron chi connectivity index (χ2n) is 6.45. The number of carbonyl (C=O) groups is 1. The summed E-state index contributed by atoms with van der Waals surface area (Å²) in [6.45, 7) is 2.12. The molecule has 0 aliphatic carbocycles. The molecule has 0 radical (unpaired) electrons. The van der Waals surface area contributed by atoms with Gasteiger partial charge in [-0.2, -0.15) is 0 Å². The summed E-state index contributed by atoms with van der Waals surface area (Å²) < 4.78 is 37.2. The van der Waals surface area contributed by atoms with Crippen LogP contribution in [0.25, 0.3) is 11.3 Å². The van der Waals surface area contributed by atoms with Gasteiger partial charge in [0.2, 0.25) is 0 Å². The van der Waals surface area contributed by atoms with E-state index in [1.807, 2.05) is 25.1 Å². The number of hydrogen-bond acceptors (Lipinski definition) is 4. The van der Waals surface area contributed by atoms with E-state index in [9.17, 15) is 13.6 Å². The lowest BCUT2D eigenvalue weighted by molar-refractivity contribution is 0.0949. The largest absolute Gasteiger partial charge is 0.490 e. The van der Waals surface area contributed by atoms with Gasteiger partial charge in [-0.15, -0.1) is 0 Å². The summed E-state index contributed by atoms with van der Waals surface area (Å²) in [6, 6.07) is 10.5. The van der Waals surface area contributed by atoms with Crippen LogP contribution in [-0.4, -0.2) is 17.2 Å². The molecule has 1 aromatic heterocycles. The predicted molar refractivity (Wildman–Crippen MR) is 93.3 cm³/mol. The number of nitrogens with one attached hydrogen (secondary N) is 1. The Labute approximate surface area is 153 Å². The van der Waals surface area contributed by atoms with Gasteiger partial charge in [-0.3, -0.25) is 4.79 Å². The minimum absolute atomic E-state index is 0.0327. The number of ether oxygens (including phenoxy) is 1. The molecular weight excluding hydrogens is 354 g/mol. The van der Waals surface area contributed by atoms with Crippen molar-refractivity contribution in [3.63, 3.8) is 0 Å². The normalized spacial score (nSPS) is 15.3. The Morgan fingerprint density at radius 2 is 2.04 bits per heavy atom. The molecule has 5 nitrogen and oxygen atoms in total. The van der Waals surface area contributed by atoms with Crippen molar-refractivity contribution in [2.24, 2.45) is 0 Å². The molecule has 3 aromatic rings. The number of carbonyl (C=O) groups excluding carboxylic acids is 1. The van der Waals surface area contributed by atoms with Gasteiger partial charge in [-0.1, -0.05) is 5.16 Å². The van der Waals surface area contributed by atoms with Crippen LogP contribution in [-0.2, 0) is 13.0 Å².